The van der Waals surface area contributed by atoms with Crippen molar-refractivity contribution in [3.05, 3.63) is 82.9 Å². The lowest BCUT2D eigenvalue weighted by Gasteiger charge is -2.54. The molecule has 3 unspecified atom stereocenters. The predicted octanol–water partition coefficient (Wildman–Crippen LogP) is 5.25. The fraction of sp³-hybridized carbons (Fsp3) is 0.286. The van der Waals surface area contributed by atoms with Crippen LogP contribution in [0, 0.1) is 26.7 Å². The lowest BCUT2D eigenvalue weighted by molar-refractivity contribution is -0.131. The zero-order valence-electron chi connectivity index (χ0n) is 20.5. The van der Waals surface area contributed by atoms with Crippen LogP contribution in [0.3, 0.4) is 0 Å². The first-order valence-electron chi connectivity index (χ1n) is 11.6. The number of hydrogen-bond donors (Lipinski definition) is 2. The number of urea groups is 1. The fourth-order valence-corrected chi connectivity index (χ4v) is 5.18. The molecular weight excluding hydrogens is 442 g/mol. The maximum Gasteiger partial charge on any atom is 0.325 e. The molecule has 3 atom stereocenters. The highest BCUT2D eigenvalue weighted by Crippen LogP contribution is 2.52. The van der Waals surface area contributed by atoms with Gasteiger partial charge in [-0.2, -0.15) is 0 Å². The third-order valence-electron chi connectivity index (χ3n) is 6.92. The van der Waals surface area contributed by atoms with Gasteiger partial charge in [-0.05, 0) is 57.5 Å². The van der Waals surface area contributed by atoms with Gasteiger partial charge in [-0.15, -0.1) is 0 Å². The lowest BCUT2D eigenvalue weighted by Crippen LogP contribution is -2.72. The Bertz CT molecular complexity index is 1320. The zero-order chi connectivity index (χ0) is 24.9. The summed E-state index contributed by atoms with van der Waals surface area (Å²) < 4.78 is 12.1. The minimum atomic E-state index is -1.31. The molecule has 0 aliphatic carbocycles. The van der Waals surface area contributed by atoms with Crippen molar-refractivity contribution >= 4 is 23.3 Å². The summed E-state index contributed by atoms with van der Waals surface area (Å²) in [5.41, 5.74) is 3.90. The van der Waals surface area contributed by atoms with Gasteiger partial charge in [0, 0.05) is 16.9 Å². The van der Waals surface area contributed by atoms with Gasteiger partial charge in [0.15, 0.2) is 11.5 Å². The number of methoxy groups -OCH3 is 1. The van der Waals surface area contributed by atoms with Gasteiger partial charge < -0.3 is 20.1 Å². The standard InChI is InChI=1S/C28H29N3O4/c1-16-9-12-19(13-10-16)31-27(33)30-24-20-7-6-8-22(34-5)25(20)35-28(31,4)23(24)26(32)29-21-14-11-17(2)15-18(21)3/h6-15,23-24H,1-5H3,(H,29,32)(H,30,33). The molecule has 2 N–H and O–H groups in total. The van der Waals surface area contributed by atoms with Crippen molar-refractivity contribution in [1.29, 1.82) is 0 Å². The van der Waals surface area contributed by atoms with Crippen molar-refractivity contribution in [2.24, 2.45) is 5.92 Å². The van der Waals surface area contributed by atoms with E-state index in [0.29, 0.717) is 22.7 Å². The van der Waals surface area contributed by atoms with Crippen LogP contribution in [0.4, 0.5) is 16.2 Å². The molecule has 2 aliphatic rings. The molecular formula is C28H29N3O4. The van der Waals surface area contributed by atoms with E-state index in [2.05, 4.69) is 10.6 Å². The Morgan fingerprint density at radius 1 is 1.06 bits per heavy atom. The first-order chi connectivity index (χ1) is 16.7. The summed E-state index contributed by atoms with van der Waals surface area (Å²) in [6, 6.07) is 18.1. The Hall–Kier alpha value is -4.00. The van der Waals surface area contributed by atoms with E-state index in [9.17, 15) is 9.59 Å². The molecule has 7 nitrogen and oxygen atoms in total. The second-order valence-corrected chi connectivity index (χ2v) is 9.42. The Balaban J connectivity index is 1.64. The molecule has 3 amide bonds. The topological polar surface area (TPSA) is 79.9 Å². The van der Waals surface area contributed by atoms with Crippen LogP contribution in [0.1, 0.15) is 35.2 Å². The number of nitrogens with zero attached hydrogens (tertiary/aromatic N) is 1. The van der Waals surface area contributed by atoms with Gasteiger partial charge in [0.2, 0.25) is 11.6 Å². The molecule has 7 heteroatoms. The molecule has 3 aromatic rings. The van der Waals surface area contributed by atoms with Crippen LogP contribution in [0.25, 0.3) is 0 Å². The van der Waals surface area contributed by atoms with Crippen molar-refractivity contribution in [3.63, 3.8) is 0 Å². The number of anilines is 2. The van der Waals surface area contributed by atoms with Crippen LogP contribution in [0.5, 0.6) is 11.5 Å². The quantitative estimate of drug-likeness (QED) is 0.544. The predicted molar refractivity (Wildman–Crippen MR) is 135 cm³/mol. The van der Waals surface area contributed by atoms with Gasteiger partial charge in [0.25, 0.3) is 0 Å². The summed E-state index contributed by atoms with van der Waals surface area (Å²) in [4.78, 5) is 28.9. The van der Waals surface area contributed by atoms with Crippen LogP contribution >= 0.6 is 0 Å². The van der Waals surface area contributed by atoms with Crippen LogP contribution < -0.4 is 25.0 Å². The molecule has 35 heavy (non-hydrogen) atoms. The first kappa shape index (κ1) is 22.8. The van der Waals surface area contributed by atoms with Crippen molar-refractivity contribution in [1.82, 2.24) is 5.32 Å². The Morgan fingerprint density at radius 2 is 1.77 bits per heavy atom. The van der Waals surface area contributed by atoms with E-state index >= 15 is 0 Å². The van der Waals surface area contributed by atoms with Gasteiger partial charge in [0.05, 0.1) is 13.2 Å². The average Bonchev–Trinajstić information content (AvgIpc) is 2.81. The van der Waals surface area contributed by atoms with Crippen LogP contribution in [-0.2, 0) is 4.79 Å². The van der Waals surface area contributed by atoms with Gasteiger partial charge in [-0.3, -0.25) is 9.69 Å². The van der Waals surface area contributed by atoms with Gasteiger partial charge in [0.1, 0.15) is 5.92 Å². The molecule has 0 spiro atoms. The molecule has 5 rings (SSSR count). The lowest BCUT2D eigenvalue weighted by atomic mass is 9.78. The number of rotatable bonds is 4. The molecule has 2 heterocycles. The van der Waals surface area contributed by atoms with Gasteiger partial charge >= 0.3 is 6.03 Å². The Kier molecular flexibility index (Phi) is 5.43. The first-order valence-corrected chi connectivity index (χ1v) is 11.6. The largest absolute Gasteiger partial charge is 0.493 e. The number of ether oxygens (including phenoxy) is 2. The van der Waals surface area contributed by atoms with Crippen LogP contribution in [0.15, 0.2) is 60.7 Å². The highest BCUT2D eigenvalue weighted by Gasteiger charge is 2.60. The minimum Gasteiger partial charge on any atom is -0.493 e. The molecule has 1 fully saturated rings. The highest BCUT2D eigenvalue weighted by atomic mass is 16.5. The van der Waals surface area contributed by atoms with E-state index in [1.54, 1.807) is 14.0 Å². The molecule has 2 bridgehead atoms. The molecule has 0 saturated carbocycles. The SMILES string of the molecule is COc1cccc2c1OC1(C)C(C(=O)Nc3ccc(C)cc3C)C2NC(=O)N1c1ccc(C)cc1. The maximum atomic E-state index is 13.9. The van der Waals surface area contributed by atoms with Gasteiger partial charge in [-0.25, -0.2) is 4.79 Å². The number of nitrogens with one attached hydrogen (secondary N) is 2. The summed E-state index contributed by atoms with van der Waals surface area (Å²) in [7, 11) is 1.58. The monoisotopic (exact) mass is 471 g/mol. The summed E-state index contributed by atoms with van der Waals surface area (Å²) in [6.07, 6.45) is 0. The van der Waals surface area contributed by atoms with E-state index in [0.717, 1.165) is 22.4 Å². The third kappa shape index (κ3) is 3.67. The second kappa shape index (κ2) is 8.34. The summed E-state index contributed by atoms with van der Waals surface area (Å²) in [6.45, 7) is 7.75. The van der Waals surface area contributed by atoms with Crippen LogP contribution in [-0.4, -0.2) is 24.8 Å². The second-order valence-electron chi connectivity index (χ2n) is 9.42. The van der Waals surface area contributed by atoms with Crippen molar-refractivity contribution < 1.29 is 19.1 Å². The van der Waals surface area contributed by atoms with Crippen LogP contribution in [0.2, 0.25) is 0 Å². The normalized spacial score (nSPS) is 22.5. The van der Waals surface area contributed by atoms with E-state index < -0.39 is 17.7 Å². The summed E-state index contributed by atoms with van der Waals surface area (Å²) >= 11 is 0. The smallest absolute Gasteiger partial charge is 0.325 e. The van der Waals surface area contributed by atoms with Gasteiger partial charge in [-0.1, -0.05) is 47.5 Å². The molecule has 0 aromatic heterocycles. The Labute approximate surface area is 205 Å². The molecule has 180 valence electrons. The molecule has 1 saturated heterocycles. The van der Waals surface area contributed by atoms with E-state index in [1.165, 1.54) is 4.90 Å². The number of amides is 3. The number of carbonyl (C=O) groups excluding carboxylic acids is 2. The molecule has 3 aromatic carbocycles. The molecule has 2 aliphatic heterocycles. The van der Waals surface area contributed by atoms with E-state index in [1.807, 2.05) is 81.4 Å². The minimum absolute atomic E-state index is 0.241. The van der Waals surface area contributed by atoms with E-state index in [4.69, 9.17) is 9.47 Å². The van der Waals surface area contributed by atoms with Crippen molar-refractivity contribution in [2.45, 2.75) is 39.5 Å². The number of benzene rings is 3. The van der Waals surface area contributed by atoms with Crippen molar-refractivity contribution in [3.8, 4) is 11.5 Å². The number of para-hydroxylation sites is 1. The highest BCUT2D eigenvalue weighted by molar-refractivity contribution is 6.01. The average molecular weight is 472 g/mol. The number of fused-ring (bicyclic) bond motifs is 4. The fourth-order valence-electron chi connectivity index (χ4n) is 5.18. The summed E-state index contributed by atoms with van der Waals surface area (Å²) in [5.74, 6) is 0.0824. The Morgan fingerprint density at radius 3 is 2.46 bits per heavy atom. The number of carbonyl (C=O) groups is 2. The number of aryl methyl sites for hydroxylation is 3. The third-order valence-corrected chi connectivity index (χ3v) is 6.92. The molecule has 0 radical (unpaired) electrons. The van der Waals surface area contributed by atoms with E-state index in [-0.39, 0.29) is 11.9 Å². The number of hydrogen-bond acceptors (Lipinski definition) is 4. The zero-order valence-corrected chi connectivity index (χ0v) is 20.5. The van der Waals surface area contributed by atoms with Crippen molar-refractivity contribution in [2.75, 3.05) is 17.3 Å². The summed E-state index contributed by atoms with van der Waals surface area (Å²) in [5, 5.41) is 6.16. The maximum absolute atomic E-state index is 13.9.